The van der Waals surface area contributed by atoms with Crippen molar-refractivity contribution in [3.8, 4) is 0 Å². The molecule has 3 aromatic carbocycles. The Labute approximate surface area is 176 Å². The summed E-state index contributed by atoms with van der Waals surface area (Å²) < 4.78 is 1.03. The fourth-order valence-electron chi connectivity index (χ4n) is 2.94. The summed E-state index contributed by atoms with van der Waals surface area (Å²) in [4.78, 5) is 28.8. The van der Waals surface area contributed by atoms with E-state index in [9.17, 15) is 9.59 Å². The van der Waals surface area contributed by atoms with E-state index in [4.69, 9.17) is 0 Å². The van der Waals surface area contributed by atoms with Gasteiger partial charge in [-0.15, -0.1) is 11.8 Å². The van der Waals surface area contributed by atoms with Crippen LogP contribution in [0.25, 0.3) is 21.0 Å². The number of rotatable bonds is 6. The standard InChI is InChI=1S/C22H19N3O2S2/c1-14-6-9-16(10-7-14)23-19(26)12-28-13-20(27)24-22-25-21-17-5-3-2-4-15(17)8-11-18(21)29-22/h2-11H,12-13H2,1H3,(H,23,26)(H,24,25,27). The zero-order valence-corrected chi connectivity index (χ0v) is 17.4. The topological polar surface area (TPSA) is 71.1 Å². The summed E-state index contributed by atoms with van der Waals surface area (Å²) >= 11 is 2.72. The average molecular weight is 422 g/mol. The van der Waals surface area contributed by atoms with E-state index in [1.807, 2.05) is 61.5 Å². The van der Waals surface area contributed by atoms with Gasteiger partial charge in [-0.3, -0.25) is 9.59 Å². The molecule has 29 heavy (non-hydrogen) atoms. The summed E-state index contributed by atoms with van der Waals surface area (Å²) in [6.45, 7) is 1.99. The number of thioether (sulfide) groups is 1. The van der Waals surface area contributed by atoms with Gasteiger partial charge in [-0.05, 0) is 30.5 Å². The van der Waals surface area contributed by atoms with E-state index in [0.29, 0.717) is 5.13 Å². The fourth-order valence-corrected chi connectivity index (χ4v) is 4.46. The summed E-state index contributed by atoms with van der Waals surface area (Å²) in [7, 11) is 0. The first-order valence-corrected chi connectivity index (χ1v) is 11.1. The highest BCUT2D eigenvalue weighted by atomic mass is 32.2. The number of fused-ring (bicyclic) bond motifs is 3. The van der Waals surface area contributed by atoms with Crippen molar-refractivity contribution >= 4 is 66.7 Å². The summed E-state index contributed by atoms with van der Waals surface area (Å²) in [5.74, 6) is 0.114. The van der Waals surface area contributed by atoms with Crippen LogP contribution in [-0.4, -0.2) is 28.3 Å². The lowest BCUT2D eigenvalue weighted by Gasteiger charge is -2.05. The van der Waals surface area contributed by atoms with E-state index in [1.54, 1.807) is 0 Å². The second-order valence-corrected chi connectivity index (χ2v) is 8.62. The molecule has 1 heterocycles. The monoisotopic (exact) mass is 421 g/mol. The van der Waals surface area contributed by atoms with Gasteiger partial charge < -0.3 is 10.6 Å². The number of nitrogens with zero attached hydrogens (tertiary/aromatic N) is 1. The van der Waals surface area contributed by atoms with Gasteiger partial charge in [0.15, 0.2) is 5.13 Å². The molecule has 146 valence electrons. The Morgan fingerprint density at radius 2 is 1.66 bits per heavy atom. The Hall–Kier alpha value is -2.90. The first-order chi connectivity index (χ1) is 14.1. The number of aromatic nitrogens is 1. The van der Waals surface area contributed by atoms with Gasteiger partial charge in [0.1, 0.15) is 0 Å². The predicted octanol–water partition coefficient (Wildman–Crippen LogP) is 5.07. The minimum absolute atomic E-state index is 0.127. The van der Waals surface area contributed by atoms with Crippen LogP contribution in [0.4, 0.5) is 10.8 Å². The number of amides is 2. The normalized spacial score (nSPS) is 10.9. The van der Waals surface area contributed by atoms with Gasteiger partial charge in [-0.1, -0.05) is 59.4 Å². The maximum atomic E-state index is 12.2. The third-order valence-electron chi connectivity index (χ3n) is 4.33. The second kappa shape index (κ2) is 8.63. The molecule has 2 N–H and O–H groups in total. The number of hydrogen-bond acceptors (Lipinski definition) is 5. The first-order valence-electron chi connectivity index (χ1n) is 9.11. The number of carbonyl (C=O) groups is 2. The molecule has 0 saturated carbocycles. The predicted molar refractivity (Wildman–Crippen MR) is 123 cm³/mol. The lowest BCUT2D eigenvalue weighted by Crippen LogP contribution is -2.18. The van der Waals surface area contributed by atoms with Crippen LogP contribution in [0.1, 0.15) is 5.56 Å². The molecule has 0 fully saturated rings. The summed E-state index contributed by atoms with van der Waals surface area (Å²) in [5.41, 5.74) is 2.79. The van der Waals surface area contributed by atoms with Crippen molar-refractivity contribution in [1.29, 1.82) is 0 Å². The molecule has 5 nitrogen and oxygen atoms in total. The van der Waals surface area contributed by atoms with E-state index in [1.165, 1.54) is 23.1 Å². The Balaban J connectivity index is 1.31. The molecule has 0 aliphatic rings. The van der Waals surface area contributed by atoms with Crippen LogP contribution in [-0.2, 0) is 9.59 Å². The Morgan fingerprint density at radius 1 is 0.931 bits per heavy atom. The largest absolute Gasteiger partial charge is 0.325 e. The molecule has 4 rings (SSSR count). The summed E-state index contributed by atoms with van der Waals surface area (Å²) in [6.07, 6.45) is 0. The molecule has 0 aliphatic heterocycles. The van der Waals surface area contributed by atoms with E-state index in [-0.39, 0.29) is 23.3 Å². The highest BCUT2D eigenvalue weighted by molar-refractivity contribution is 8.00. The van der Waals surface area contributed by atoms with Crippen molar-refractivity contribution in [2.24, 2.45) is 0 Å². The molecule has 0 aliphatic carbocycles. The molecule has 0 spiro atoms. The smallest absolute Gasteiger partial charge is 0.236 e. The summed E-state index contributed by atoms with van der Waals surface area (Å²) in [5, 5.41) is 8.44. The quantitative estimate of drug-likeness (QED) is 0.456. The van der Waals surface area contributed by atoms with Gasteiger partial charge in [-0.2, -0.15) is 0 Å². The molecule has 0 saturated heterocycles. The van der Waals surface area contributed by atoms with Gasteiger partial charge in [0, 0.05) is 11.1 Å². The van der Waals surface area contributed by atoms with E-state index < -0.39 is 0 Å². The number of nitrogens with one attached hydrogen (secondary N) is 2. The minimum atomic E-state index is -0.165. The number of thiazole rings is 1. The Kier molecular flexibility index (Phi) is 5.78. The van der Waals surface area contributed by atoms with Gasteiger partial charge >= 0.3 is 0 Å². The maximum Gasteiger partial charge on any atom is 0.236 e. The molecule has 0 atom stereocenters. The van der Waals surface area contributed by atoms with Crippen molar-refractivity contribution in [2.45, 2.75) is 6.92 Å². The third-order valence-corrected chi connectivity index (χ3v) is 6.20. The molecule has 2 amide bonds. The van der Waals surface area contributed by atoms with E-state index >= 15 is 0 Å². The molecule has 1 aromatic heterocycles. The Bertz CT molecular complexity index is 1190. The van der Waals surface area contributed by atoms with E-state index in [2.05, 4.69) is 21.7 Å². The van der Waals surface area contributed by atoms with E-state index in [0.717, 1.165) is 32.2 Å². The number of hydrogen-bond donors (Lipinski definition) is 2. The van der Waals surface area contributed by atoms with Crippen molar-refractivity contribution in [1.82, 2.24) is 4.98 Å². The third kappa shape index (κ3) is 4.75. The van der Waals surface area contributed by atoms with Crippen LogP contribution < -0.4 is 10.6 Å². The minimum Gasteiger partial charge on any atom is -0.325 e. The zero-order valence-electron chi connectivity index (χ0n) is 15.8. The van der Waals surface area contributed by atoms with Gasteiger partial charge in [0.25, 0.3) is 0 Å². The number of benzene rings is 3. The second-order valence-electron chi connectivity index (χ2n) is 6.61. The van der Waals surface area contributed by atoms with Gasteiger partial charge in [-0.25, -0.2) is 4.98 Å². The number of anilines is 2. The van der Waals surface area contributed by atoms with Crippen LogP contribution in [0.5, 0.6) is 0 Å². The molecule has 0 radical (unpaired) electrons. The number of carbonyl (C=O) groups excluding carboxylic acids is 2. The van der Waals surface area contributed by atoms with Gasteiger partial charge in [0.2, 0.25) is 11.8 Å². The molecule has 0 unspecified atom stereocenters. The molecule has 7 heteroatoms. The molecular weight excluding hydrogens is 402 g/mol. The molecular formula is C22H19N3O2S2. The van der Waals surface area contributed by atoms with Crippen LogP contribution >= 0.6 is 23.1 Å². The van der Waals surface area contributed by atoms with Crippen LogP contribution in [0, 0.1) is 6.92 Å². The van der Waals surface area contributed by atoms with Crippen LogP contribution in [0.3, 0.4) is 0 Å². The van der Waals surface area contributed by atoms with Gasteiger partial charge in [0.05, 0.1) is 21.7 Å². The SMILES string of the molecule is Cc1ccc(NC(=O)CSCC(=O)Nc2nc3c(ccc4ccccc43)s2)cc1. The maximum absolute atomic E-state index is 12.2. The lowest BCUT2D eigenvalue weighted by molar-refractivity contribution is -0.114. The average Bonchev–Trinajstić information content (AvgIpc) is 3.12. The van der Waals surface area contributed by atoms with Crippen molar-refractivity contribution in [3.05, 3.63) is 66.2 Å². The molecule has 4 aromatic rings. The Morgan fingerprint density at radius 3 is 2.45 bits per heavy atom. The lowest BCUT2D eigenvalue weighted by atomic mass is 10.1. The summed E-state index contributed by atoms with van der Waals surface area (Å²) in [6, 6.07) is 19.8. The van der Waals surface area contributed by atoms with Crippen molar-refractivity contribution < 1.29 is 9.59 Å². The number of aryl methyl sites for hydroxylation is 1. The van der Waals surface area contributed by atoms with Crippen molar-refractivity contribution in [2.75, 3.05) is 22.1 Å². The highest BCUT2D eigenvalue weighted by Crippen LogP contribution is 2.31. The van der Waals surface area contributed by atoms with Crippen molar-refractivity contribution in [3.63, 3.8) is 0 Å². The highest BCUT2D eigenvalue weighted by Gasteiger charge is 2.11. The fraction of sp³-hybridized carbons (Fsp3) is 0.136. The molecule has 0 bridgehead atoms. The van der Waals surface area contributed by atoms with Crippen LogP contribution in [0.15, 0.2) is 60.7 Å². The zero-order chi connectivity index (χ0) is 20.2. The van der Waals surface area contributed by atoms with Crippen LogP contribution in [0.2, 0.25) is 0 Å². The first kappa shape index (κ1) is 19.4.